The molecular weight excluding hydrogens is 198 g/mol. The summed E-state index contributed by atoms with van der Waals surface area (Å²) in [5.74, 6) is 1.04. The van der Waals surface area contributed by atoms with Gasteiger partial charge in [-0.15, -0.1) is 12.4 Å². The average molecular weight is 214 g/mol. The molecular formula is C11H16ClNO. The van der Waals surface area contributed by atoms with Crippen LogP contribution in [0, 0.1) is 6.92 Å². The highest BCUT2D eigenvalue weighted by molar-refractivity contribution is 5.85. The van der Waals surface area contributed by atoms with Gasteiger partial charge >= 0.3 is 0 Å². The maximum atomic E-state index is 5.34. The summed E-state index contributed by atoms with van der Waals surface area (Å²) in [6, 6.07) is 4.20. The zero-order chi connectivity index (χ0) is 9.26. The second-order valence-corrected chi connectivity index (χ2v) is 3.47. The quantitative estimate of drug-likeness (QED) is 0.771. The van der Waals surface area contributed by atoms with Crippen molar-refractivity contribution >= 4 is 12.4 Å². The fraction of sp³-hybridized carbons (Fsp3) is 0.455. The molecule has 2 rings (SSSR count). The fourth-order valence-electron chi connectivity index (χ4n) is 1.93. The van der Waals surface area contributed by atoms with Gasteiger partial charge in [-0.25, -0.2) is 0 Å². The Morgan fingerprint density at radius 3 is 2.79 bits per heavy atom. The van der Waals surface area contributed by atoms with Crippen LogP contribution in [0.5, 0.6) is 5.75 Å². The first-order chi connectivity index (χ1) is 6.33. The molecule has 3 heteroatoms. The first-order valence-corrected chi connectivity index (χ1v) is 4.69. The van der Waals surface area contributed by atoms with Crippen molar-refractivity contribution in [1.82, 2.24) is 5.32 Å². The summed E-state index contributed by atoms with van der Waals surface area (Å²) in [7, 11) is 1.74. The molecule has 0 fully saturated rings. The number of methoxy groups -OCH3 is 1. The van der Waals surface area contributed by atoms with Crippen molar-refractivity contribution in [3.8, 4) is 5.75 Å². The van der Waals surface area contributed by atoms with E-state index in [0.717, 1.165) is 25.3 Å². The van der Waals surface area contributed by atoms with E-state index < -0.39 is 0 Å². The number of hydrogen-bond acceptors (Lipinski definition) is 2. The van der Waals surface area contributed by atoms with Crippen LogP contribution < -0.4 is 10.1 Å². The molecule has 0 atom stereocenters. The number of fused-ring (bicyclic) bond motifs is 1. The van der Waals surface area contributed by atoms with E-state index in [4.69, 9.17) is 4.74 Å². The number of rotatable bonds is 1. The topological polar surface area (TPSA) is 21.3 Å². The van der Waals surface area contributed by atoms with E-state index >= 15 is 0 Å². The number of nitrogens with one attached hydrogen (secondary N) is 1. The highest BCUT2D eigenvalue weighted by atomic mass is 35.5. The van der Waals surface area contributed by atoms with Crippen molar-refractivity contribution in [3.63, 3.8) is 0 Å². The van der Waals surface area contributed by atoms with Gasteiger partial charge in [0.1, 0.15) is 5.75 Å². The second-order valence-electron chi connectivity index (χ2n) is 3.47. The molecule has 0 saturated heterocycles. The summed E-state index contributed by atoms with van der Waals surface area (Å²) in [5.41, 5.74) is 4.18. The smallest absolute Gasteiger partial charge is 0.122 e. The maximum absolute atomic E-state index is 5.34. The lowest BCUT2D eigenvalue weighted by Crippen LogP contribution is -2.24. The number of ether oxygens (including phenoxy) is 1. The minimum absolute atomic E-state index is 0. The zero-order valence-electron chi connectivity index (χ0n) is 8.59. The third kappa shape index (κ3) is 1.86. The minimum Gasteiger partial charge on any atom is -0.496 e. The van der Waals surface area contributed by atoms with Gasteiger partial charge in [0.2, 0.25) is 0 Å². The Bertz CT molecular complexity index is 325. The van der Waals surface area contributed by atoms with Gasteiger partial charge in [-0.05, 0) is 37.1 Å². The molecule has 14 heavy (non-hydrogen) atoms. The molecule has 0 aliphatic carbocycles. The second kappa shape index (κ2) is 4.67. The van der Waals surface area contributed by atoms with Crippen LogP contribution in [0.1, 0.15) is 16.7 Å². The van der Waals surface area contributed by atoms with Crippen LogP contribution in [-0.4, -0.2) is 13.7 Å². The van der Waals surface area contributed by atoms with Crippen LogP contribution in [0.2, 0.25) is 0 Å². The average Bonchev–Trinajstić information content (AvgIpc) is 2.19. The van der Waals surface area contributed by atoms with E-state index in [-0.39, 0.29) is 12.4 Å². The molecule has 2 nitrogen and oxygen atoms in total. The monoisotopic (exact) mass is 213 g/mol. The highest BCUT2D eigenvalue weighted by Crippen LogP contribution is 2.27. The largest absolute Gasteiger partial charge is 0.496 e. The molecule has 1 heterocycles. The third-order valence-corrected chi connectivity index (χ3v) is 2.70. The van der Waals surface area contributed by atoms with Crippen LogP contribution in [0.25, 0.3) is 0 Å². The van der Waals surface area contributed by atoms with Crippen molar-refractivity contribution in [2.75, 3.05) is 13.7 Å². The first-order valence-electron chi connectivity index (χ1n) is 4.69. The summed E-state index contributed by atoms with van der Waals surface area (Å²) in [4.78, 5) is 0. The van der Waals surface area contributed by atoms with Crippen molar-refractivity contribution in [2.45, 2.75) is 19.9 Å². The number of aryl methyl sites for hydroxylation is 1. The van der Waals surface area contributed by atoms with Gasteiger partial charge in [0.05, 0.1) is 7.11 Å². The van der Waals surface area contributed by atoms with Crippen molar-refractivity contribution in [2.24, 2.45) is 0 Å². The number of benzene rings is 1. The fourth-order valence-corrected chi connectivity index (χ4v) is 1.93. The summed E-state index contributed by atoms with van der Waals surface area (Å²) < 4.78 is 5.34. The predicted octanol–water partition coefficient (Wildman–Crippen LogP) is 2.07. The van der Waals surface area contributed by atoms with Crippen molar-refractivity contribution < 1.29 is 4.74 Å². The van der Waals surface area contributed by atoms with E-state index in [1.807, 2.05) is 0 Å². The van der Waals surface area contributed by atoms with E-state index in [1.165, 1.54) is 16.7 Å². The van der Waals surface area contributed by atoms with Crippen molar-refractivity contribution in [3.05, 3.63) is 28.8 Å². The lowest BCUT2D eigenvalue weighted by molar-refractivity contribution is 0.405. The molecule has 1 aromatic rings. The van der Waals surface area contributed by atoms with E-state index in [0.29, 0.717) is 0 Å². The molecule has 0 saturated carbocycles. The van der Waals surface area contributed by atoms with Gasteiger partial charge < -0.3 is 10.1 Å². The molecule has 78 valence electrons. The predicted molar refractivity (Wildman–Crippen MR) is 60.4 cm³/mol. The summed E-state index contributed by atoms with van der Waals surface area (Å²) in [5, 5.41) is 3.38. The first kappa shape index (κ1) is 11.3. The molecule has 0 radical (unpaired) electrons. The lowest BCUT2D eigenvalue weighted by Gasteiger charge is -2.21. The molecule has 1 aromatic carbocycles. The Hall–Kier alpha value is -0.730. The van der Waals surface area contributed by atoms with Gasteiger partial charge in [-0.1, -0.05) is 6.07 Å². The SMILES string of the molecule is COc1ccc(C)c2c1CCNC2.Cl. The van der Waals surface area contributed by atoms with Gasteiger partial charge in [0.15, 0.2) is 0 Å². The number of hydrogen-bond donors (Lipinski definition) is 1. The molecule has 0 bridgehead atoms. The number of halogens is 1. The summed E-state index contributed by atoms with van der Waals surface area (Å²) >= 11 is 0. The Labute approximate surface area is 91.1 Å². The molecule has 0 unspecified atom stereocenters. The standard InChI is InChI=1S/C11H15NO.ClH/c1-8-3-4-11(13-2)9-5-6-12-7-10(8)9;/h3-4,12H,5-7H2,1-2H3;1H. The Morgan fingerprint density at radius 1 is 1.29 bits per heavy atom. The van der Waals surface area contributed by atoms with Crippen LogP contribution >= 0.6 is 12.4 Å². The lowest BCUT2D eigenvalue weighted by atomic mass is 9.96. The van der Waals surface area contributed by atoms with Crippen molar-refractivity contribution in [1.29, 1.82) is 0 Å². The van der Waals surface area contributed by atoms with Gasteiger partial charge in [0.25, 0.3) is 0 Å². The maximum Gasteiger partial charge on any atom is 0.122 e. The van der Waals surface area contributed by atoms with Crippen LogP contribution in [0.15, 0.2) is 12.1 Å². The molecule has 0 amide bonds. The van der Waals surface area contributed by atoms with Gasteiger partial charge in [-0.2, -0.15) is 0 Å². The van der Waals surface area contributed by atoms with Crippen LogP contribution in [-0.2, 0) is 13.0 Å². The summed E-state index contributed by atoms with van der Waals surface area (Å²) in [6.07, 6.45) is 1.08. The van der Waals surface area contributed by atoms with E-state index in [2.05, 4.69) is 24.4 Å². The molecule has 0 aromatic heterocycles. The van der Waals surface area contributed by atoms with Gasteiger partial charge in [0, 0.05) is 12.1 Å². The van der Waals surface area contributed by atoms with Crippen LogP contribution in [0.4, 0.5) is 0 Å². The van der Waals surface area contributed by atoms with E-state index in [1.54, 1.807) is 7.11 Å². The molecule has 1 aliphatic heterocycles. The zero-order valence-corrected chi connectivity index (χ0v) is 9.41. The Morgan fingerprint density at radius 2 is 2.07 bits per heavy atom. The minimum atomic E-state index is 0. The molecule has 1 N–H and O–H groups in total. The molecule has 0 spiro atoms. The highest BCUT2D eigenvalue weighted by Gasteiger charge is 2.14. The van der Waals surface area contributed by atoms with Gasteiger partial charge in [-0.3, -0.25) is 0 Å². The Balaban J connectivity index is 0.000000980. The summed E-state index contributed by atoms with van der Waals surface area (Å²) in [6.45, 7) is 4.20. The van der Waals surface area contributed by atoms with E-state index in [9.17, 15) is 0 Å². The Kier molecular flexibility index (Phi) is 3.78. The molecule has 1 aliphatic rings. The normalized spacial score (nSPS) is 14.1. The third-order valence-electron chi connectivity index (χ3n) is 2.70. The van der Waals surface area contributed by atoms with Crippen LogP contribution in [0.3, 0.4) is 0 Å².